The summed E-state index contributed by atoms with van der Waals surface area (Å²) in [6.45, 7) is 4.56. The molecule has 3 N–H and O–H groups in total. The number of amides is 1. The van der Waals surface area contributed by atoms with E-state index in [-0.39, 0.29) is 11.6 Å². The molecule has 6 heteroatoms. The minimum Gasteiger partial charge on any atom is -0.352 e. The highest BCUT2D eigenvalue weighted by molar-refractivity contribution is 5.75. The van der Waals surface area contributed by atoms with Crippen LogP contribution in [0, 0.1) is 23.0 Å². The molecule has 0 saturated heterocycles. The van der Waals surface area contributed by atoms with Crippen LogP contribution < -0.4 is 11.1 Å². The molecule has 1 atom stereocenters. The number of nitro benzene ring substituents is 1. The summed E-state index contributed by atoms with van der Waals surface area (Å²) in [5.41, 5.74) is 6.92. The van der Waals surface area contributed by atoms with Crippen molar-refractivity contribution < 1.29 is 9.72 Å². The van der Waals surface area contributed by atoms with E-state index in [0.717, 1.165) is 12.0 Å². The van der Waals surface area contributed by atoms with E-state index in [9.17, 15) is 14.9 Å². The first-order valence-corrected chi connectivity index (χ1v) is 6.65. The second-order valence-corrected chi connectivity index (χ2v) is 4.97. The molecule has 1 unspecified atom stereocenters. The molecular formula is C14H21N3O3. The molecule has 1 aromatic rings. The summed E-state index contributed by atoms with van der Waals surface area (Å²) in [6, 6.07) is 4.87. The van der Waals surface area contributed by atoms with E-state index in [4.69, 9.17) is 5.73 Å². The van der Waals surface area contributed by atoms with Gasteiger partial charge in [-0.3, -0.25) is 14.9 Å². The molecular weight excluding hydrogens is 258 g/mol. The minimum absolute atomic E-state index is 0.0591. The summed E-state index contributed by atoms with van der Waals surface area (Å²) in [7, 11) is 0. The van der Waals surface area contributed by atoms with Crippen molar-refractivity contribution in [1.29, 1.82) is 0 Å². The van der Waals surface area contributed by atoms with Gasteiger partial charge in [0.25, 0.3) is 5.69 Å². The Morgan fingerprint density at radius 1 is 1.50 bits per heavy atom. The number of hydrogen-bond donors (Lipinski definition) is 2. The molecule has 0 aromatic heterocycles. The van der Waals surface area contributed by atoms with Gasteiger partial charge in [0.1, 0.15) is 0 Å². The molecule has 0 spiro atoms. The molecule has 0 saturated carbocycles. The van der Waals surface area contributed by atoms with Gasteiger partial charge in [0.2, 0.25) is 5.91 Å². The average Bonchev–Trinajstić information content (AvgIpc) is 2.43. The van der Waals surface area contributed by atoms with Crippen LogP contribution in [0.4, 0.5) is 5.69 Å². The standard InChI is InChI=1S/C14H21N3O3/c1-10(8-15)6-7-14(18)16-9-12-4-3-5-13(11(12)2)17(19)20/h3-5,10H,6-9,15H2,1-2H3,(H,16,18). The van der Waals surface area contributed by atoms with Crippen molar-refractivity contribution in [3.8, 4) is 0 Å². The van der Waals surface area contributed by atoms with Gasteiger partial charge < -0.3 is 11.1 Å². The lowest BCUT2D eigenvalue weighted by Crippen LogP contribution is -2.24. The number of carbonyl (C=O) groups is 1. The third-order valence-electron chi connectivity index (χ3n) is 3.36. The number of nitrogens with two attached hydrogens (primary N) is 1. The molecule has 0 aliphatic rings. The number of carbonyl (C=O) groups excluding carboxylic acids is 1. The summed E-state index contributed by atoms with van der Waals surface area (Å²) in [6.07, 6.45) is 1.17. The fourth-order valence-corrected chi connectivity index (χ4v) is 1.84. The predicted octanol–water partition coefficient (Wildman–Crippen LogP) is 1.89. The highest BCUT2D eigenvalue weighted by atomic mass is 16.6. The topological polar surface area (TPSA) is 98.3 Å². The second kappa shape index (κ2) is 7.59. The van der Waals surface area contributed by atoms with Crippen molar-refractivity contribution in [3.63, 3.8) is 0 Å². The summed E-state index contributed by atoms with van der Waals surface area (Å²) in [4.78, 5) is 22.1. The van der Waals surface area contributed by atoms with E-state index in [2.05, 4.69) is 5.32 Å². The third kappa shape index (κ3) is 4.62. The summed E-state index contributed by atoms with van der Waals surface area (Å²) in [5, 5.41) is 13.6. The summed E-state index contributed by atoms with van der Waals surface area (Å²) in [5.74, 6) is 0.261. The zero-order valence-corrected chi connectivity index (χ0v) is 11.9. The van der Waals surface area contributed by atoms with Gasteiger partial charge in [-0.1, -0.05) is 19.1 Å². The van der Waals surface area contributed by atoms with Crippen molar-refractivity contribution in [2.45, 2.75) is 33.2 Å². The quantitative estimate of drug-likeness (QED) is 0.588. The van der Waals surface area contributed by atoms with Gasteiger partial charge in [-0.05, 0) is 31.4 Å². The predicted molar refractivity (Wildman–Crippen MR) is 77.1 cm³/mol. The lowest BCUT2D eigenvalue weighted by molar-refractivity contribution is -0.385. The van der Waals surface area contributed by atoms with E-state index in [0.29, 0.717) is 31.0 Å². The van der Waals surface area contributed by atoms with Crippen LogP contribution in [0.1, 0.15) is 30.9 Å². The molecule has 1 rings (SSSR count). The van der Waals surface area contributed by atoms with Crippen LogP contribution in [-0.2, 0) is 11.3 Å². The van der Waals surface area contributed by atoms with Crippen LogP contribution >= 0.6 is 0 Å². The van der Waals surface area contributed by atoms with Crippen molar-refractivity contribution >= 4 is 11.6 Å². The number of hydrogen-bond acceptors (Lipinski definition) is 4. The molecule has 110 valence electrons. The molecule has 1 aromatic carbocycles. The van der Waals surface area contributed by atoms with Gasteiger partial charge in [-0.25, -0.2) is 0 Å². The van der Waals surface area contributed by atoms with Crippen LogP contribution in [0.5, 0.6) is 0 Å². The Hall–Kier alpha value is -1.95. The largest absolute Gasteiger partial charge is 0.352 e. The zero-order chi connectivity index (χ0) is 15.1. The van der Waals surface area contributed by atoms with Crippen LogP contribution in [0.2, 0.25) is 0 Å². The second-order valence-electron chi connectivity index (χ2n) is 4.97. The molecule has 0 radical (unpaired) electrons. The number of nitro groups is 1. The van der Waals surface area contributed by atoms with E-state index in [1.54, 1.807) is 19.1 Å². The SMILES string of the molecule is Cc1c(CNC(=O)CCC(C)CN)cccc1[N+](=O)[O-]. The van der Waals surface area contributed by atoms with E-state index in [1.165, 1.54) is 6.07 Å². The van der Waals surface area contributed by atoms with E-state index >= 15 is 0 Å². The maximum absolute atomic E-state index is 11.7. The Morgan fingerprint density at radius 3 is 2.80 bits per heavy atom. The molecule has 0 aliphatic carbocycles. The summed E-state index contributed by atoms with van der Waals surface area (Å²) < 4.78 is 0. The fraction of sp³-hybridized carbons (Fsp3) is 0.500. The van der Waals surface area contributed by atoms with Gasteiger partial charge in [-0.15, -0.1) is 0 Å². The zero-order valence-electron chi connectivity index (χ0n) is 11.9. The molecule has 0 bridgehead atoms. The van der Waals surface area contributed by atoms with Crippen molar-refractivity contribution in [2.75, 3.05) is 6.54 Å². The molecule has 20 heavy (non-hydrogen) atoms. The fourth-order valence-electron chi connectivity index (χ4n) is 1.84. The molecule has 6 nitrogen and oxygen atoms in total. The smallest absolute Gasteiger partial charge is 0.272 e. The first-order chi connectivity index (χ1) is 9.45. The number of nitrogens with one attached hydrogen (secondary N) is 1. The lowest BCUT2D eigenvalue weighted by Gasteiger charge is -2.10. The van der Waals surface area contributed by atoms with Crippen LogP contribution in [0.25, 0.3) is 0 Å². The number of benzene rings is 1. The van der Waals surface area contributed by atoms with Crippen LogP contribution in [0.15, 0.2) is 18.2 Å². The highest BCUT2D eigenvalue weighted by Gasteiger charge is 2.13. The lowest BCUT2D eigenvalue weighted by atomic mass is 10.1. The maximum Gasteiger partial charge on any atom is 0.272 e. The first kappa shape index (κ1) is 16.1. The first-order valence-electron chi connectivity index (χ1n) is 6.65. The van der Waals surface area contributed by atoms with Crippen molar-refractivity contribution in [3.05, 3.63) is 39.4 Å². The summed E-state index contributed by atoms with van der Waals surface area (Å²) >= 11 is 0. The molecule has 0 heterocycles. The Kier molecular flexibility index (Phi) is 6.11. The van der Waals surface area contributed by atoms with Gasteiger partial charge in [-0.2, -0.15) is 0 Å². The number of nitrogens with zero attached hydrogens (tertiary/aromatic N) is 1. The Balaban J connectivity index is 2.56. The van der Waals surface area contributed by atoms with Gasteiger partial charge in [0, 0.05) is 24.6 Å². The van der Waals surface area contributed by atoms with E-state index in [1.807, 2.05) is 6.92 Å². The molecule has 1 amide bonds. The number of rotatable bonds is 7. The van der Waals surface area contributed by atoms with E-state index < -0.39 is 4.92 Å². The van der Waals surface area contributed by atoms with Gasteiger partial charge in [0.15, 0.2) is 0 Å². The minimum atomic E-state index is -0.413. The Labute approximate surface area is 118 Å². The molecule has 0 fully saturated rings. The monoisotopic (exact) mass is 279 g/mol. The third-order valence-corrected chi connectivity index (χ3v) is 3.36. The van der Waals surface area contributed by atoms with Crippen LogP contribution in [-0.4, -0.2) is 17.4 Å². The van der Waals surface area contributed by atoms with Crippen molar-refractivity contribution in [2.24, 2.45) is 11.7 Å². The average molecular weight is 279 g/mol. The van der Waals surface area contributed by atoms with Crippen LogP contribution in [0.3, 0.4) is 0 Å². The molecule has 0 aliphatic heterocycles. The Morgan fingerprint density at radius 2 is 2.20 bits per heavy atom. The normalized spacial score (nSPS) is 11.9. The highest BCUT2D eigenvalue weighted by Crippen LogP contribution is 2.20. The van der Waals surface area contributed by atoms with Gasteiger partial charge >= 0.3 is 0 Å². The van der Waals surface area contributed by atoms with Gasteiger partial charge in [0.05, 0.1) is 4.92 Å². The maximum atomic E-state index is 11.7. The Bertz CT molecular complexity index is 489. The van der Waals surface area contributed by atoms with Crippen molar-refractivity contribution in [1.82, 2.24) is 5.32 Å².